The van der Waals surface area contributed by atoms with Gasteiger partial charge in [0.25, 0.3) is 10.1 Å². The van der Waals surface area contributed by atoms with Crippen molar-refractivity contribution < 1.29 is 30.5 Å². The molecule has 0 unspecified atom stereocenters. The van der Waals surface area contributed by atoms with Gasteiger partial charge in [-0.05, 0) is 68.6 Å². The lowest BCUT2D eigenvalue weighted by Crippen LogP contribution is -2.42. The van der Waals surface area contributed by atoms with Crippen molar-refractivity contribution in [2.24, 2.45) is 5.92 Å². The van der Waals surface area contributed by atoms with Gasteiger partial charge in [0.2, 0.25) is 0 Å². The van der Waals surface area contributed by atoms with Crippen molar-refractivity contribution in [3.63, 3.8) is 0 Å². The molecule has 1 heterocycles. The molecule has 9 heteroatoms. The summed E-state index contributed by atoms with van der Waals surface area (Å²) in [4.78, 5) is -0.0666. The summed E-state index contributed by atoms with van der Waals surface area (Å²) in [6.07, 6.45) is -3.16. The lowest BCUT2D eigenvalue weighted by atomic mass is 9.94. The van der Waals surface area contributed by atoms with Crippen LogP contribution in [0.25, 0.3) is 0 Å². The van der Waals surface area contributed by atoms with Crippen LogP contribution in [0, 0.1) is 18.7 Å². The molecule has 0 saturated carbocycles. The number of hydrogen-bond acceptors (Lipinski definition) is 3. The predicted molar refractivity (Wildman–Crippen MR) is 97.1 cm³/mol. The van der Waals surface area contributed by atoms with Gasteiger partial charge in [-0.2, -0.15) is 21.6 Å². The van der Waals surface area contributed by atoms with Gasteiger partial charge in [0.1, 0.15) is 5.82 Å². The Balaban J connectivity index is 0.000000221. The summed E-state index contributed by atoms with van der Waals surface area (Å²) < 4.78 is 79.9. The van der Waals surface area contributed by atoms with Crippen LogP contribution in [0.4, 0.5) is 17.6 Å². The Kier molecular flexibility index (Phi) is 7.19. The average Bonchev–Trinajstić information content (AvgIpc) is 2.54. The van der Waals surface area contributed by atoms with Crippen molar-refractivity contribution in [2.45, 2.75) is 30.8 Å². The maximum absolute atomic E-state index is 13.4. The van der Waals surface area contributed by atoms with Gasteiger partial charge >= 0.3 is 6.18 Å². The van der Waals surface area contributed by atoms with E-state index in [1.807, 2.05) is 6.92 Å². The van der Waals surface area contributed by atoms with Crippen molar-refractivity contribution in [3.05, 3.63) is 65.0 Å². The van der Waals surface area contributed by atoms with Crippen LogP contribution in [-0.4, -0.2) is 26.1 Å². The van der Waals surface area contributed by atoms with Gasteiger partial charge in [0, 0.05) is 0 Å². The van der Waals surface area contributed by atoms with Crippen molar-refractivity contribution >= 4 is 10.1 Å². The molecule has 1 aliphatic rings. The van der Waals surface area contributed by atoms with Crippen molar-refractivity contribution in [2.75, 3.05) is 13.1 Å². The molecule has 0 amide bonds. The van der Waals surface area contributed by atoms with E-state index in [1.54, 1.807) is 12.1 Å². The molecule has 1 fully saturated rings. The minimum atomic E-state index is -4.47. The van der Waals surface area contributed by atoms with E-state index >= 15 is 0 Å². The summed E-state index contributed by atoms with van der Waals surface area (Å²) in [6.45, 7) is 3.68. The van der Waals surface area contributed by atoms with E-state index in [4.69, 9.17) is 4.55 Å². The fourth-order valence-corrected chi connectivity index (χ4v) is 3.03. The third kappa shape index (κ3) is 6.57. The molecular weight excluding hydrogens is 398 g/mol. The third-order valence-electron chi connectivity index (χ3n) is 4.39. The second-order valence-electron chi connectivity index (χ2n) is 6.66. The number of rotatable bonds is 4. The molecule has 0 bridgehead atoms. The Morgan fingerprint density at radius 3 is 2.14 bits per heavy atom. The zero-order valence-corrected chi connectivity index (χ0v) is 15.9. The molecule has 28 heavy (non-hydrogen) atoms. The number of halogens is 4. The maximum Gasteiger partial charge on any atom is 0.416 e. The summed E-state index contributed by atoms with van der Waals surface area (Å²) in [5.41, 5.74) is 0.395. The van der Waals surface area contributed by atoms with Gasteiger partial charge < -0.3 is 5.32 Å². The number of benzene rings is 2. The molecule has 4 nitrogen and oxygen atoms in total. The molecule has 0 aromatic heterocycles. The van der Waals surface area contributed by atoms with Crippen molar-refractivity contribution in [1.82, 2.24) is 5.32 Å². The third-order valence-corrected chi connectivity index (χ3v) is 5.26. The summed E-state index contributed by atoms with van der Waals surface area (Å²) >= 11 is 0. The smallest absolute Gasteiger partial charge is 0.316 e. The second-order valence-corrected chi connectivity index (χ2v) is 8.08. The summed E-state index contributed by atoms with van der Waals surface area (Å²) in [5.74, 6) is -0.233. The highest BCUT2D eigenvalue weighted by Gasteiger charge is 2.31. The molecule has 0 spiro atoms. The molecule has 2 N–H and O–H groups in total. The first-order valence-electron chi connectivity index (χ1n) is 8.57. The van der Waals surface area contributed by atoms with E-state index in [1.165, 1.54) is 18.2 Å². The van der Waals surface area contributed by atoms with E-state index in [0.29, 0.717) is 24.0 Å². The lowest BCUT2D eigenvalue weighted by molar-refractivity contribution is -0.137. The summed E-state index contributed by atoms with van der Waals surface area (Å²) in [6, 6.07) is 8.75. The molecule has 0 atom stereocenters. The lowest BCUT2D eigenvalue weighted by Gasteiger charge is -2.27. The fraction of sp³-hybridized carbons (Fsp3) is 0.368. The fourth-order valence-electron chi connectivity index (χ4n) is 2.55. The second kappa shape index (κ2) is 9.02. The maximum atomic E-state index is 13.4. The van der Waals surface area contributed by atoms with E-state index in [-0.39, 0.29) is 4.90 Å². The van der Waals surface area contributed by atoms with Gasteiger partial charge in [-0.15, -0.1) is 0 Å². The van der Waals surface area contributed by atoms with Crippen LogP contribution in [0.3, 0.4) is 0 Å². The molecule has 1 saturated heterocycles. The number of alkyl halides is 3. The highest BCUT2D eigenvalue weighted by atomic mass is 32.2. The van der Waals surface area contributed by atoms with E-state index in [2.05, 4.69) is 5.32 Å². The monoisotopic (exact) mass is 419 g/mol. The van der Waals surface area contributed by atoms with E-state index < -0.39 is 27.7 Å². The van der Waals surface area contributed by atoms with Crippen molar-refractivity contribution in [1.29, 1.82) is 0 Å². The van der Waals surface area contributed by atoms with Gasteiger partial charge in [0.15, 0.2) is 0 Å². The minimum Gasteiger partial charge on any atom is -0.316 e. The van der Waals surface area contributed by atoms with Crippen LogP contribution < -0.4 is 5.32 Å². The average molecular weight is 419 g/mol. The number of nitrogens with one attached hydrogen (secondary N) is 1. The standard InChI is InChI=1S/C12H13F4N.C7H8O3S/c13-11-5-10(12(14,15)16)4-3-9(11)2-1-8-6-17-7-8;1-6-2-4-7(5-3-6)11(8,9)10/h3-5,8,17H,1-2,6-7H2;2-5H,1H3,(H,8,9,10). The highest BCUT2D eigenvalue weighted by molar-refractivity contribution is 7.85. The Morgan fingerprint density at radius 2 is 1.71 bits per heavy atom. The SMILES string of the molecule is Cc1ccc(S(=O)(=O)O)cc1.Fc1cc(C(F)(F)F)ccc1CCC1CNC1. The zero-order chi connectivity index (χ0) is 20.9. The van der Waals surface area contributed by atoms with Gasteiger partial charge in [-0.25, -0.2) is 4.39 Å². The van der Waals surface area contributed by atoms with Crippen molar-refractivity contribution in [3.8, 4) is 0 Å². The first kappa shape index (κ1) is 22.3. The Labute approximate surface area is 161 Å². The van der Waals surface area contributed by atoms with Crippen LogP contribution in [0.5, 0.6) is 0 Å². The topological polar surface area (TPSA) is 66.4 Å². The minimum absolute atomic E-state index is 0.0666. The predicted octanol–water partition coefficient (Wildman–Crippen LogP) is 4.24. The molecule has 1 aliphatic heterocycles. The molecule has 154 valence electrons. The van der Waals surface area contributed by atoms with Crippen LogP contribution in [-0.2, 0) is 22.7 Å². The first-order valence-corrected chi connectivity index (χ1v) is 10.0. The largest absolute Gasteiger partial charge is 0.416 e. The number of hydrogen-bond donors (Lipinski definition) is 2. The van der Waals surface area contributed by atoms with Gasteiger partial charge in [0.05, 0.1) is 10.5 Å². The molecular formula is C19H21F4NO3S. The van der Waals surface area contributed by atoms with Crippen LogP contribution >= 0.6 is 0 Å². The molecule has 2 aromatic carbocycles. The Morgan fingerprint density at radius 1 is 1.11 bits per heavy atom. The van der Waals surface area contributed by atoms with Crippen LogP contribution in [0.2, 0.25) is 0 Å². The molecule has 0 radical (unpaired) electrons. The quantitative estimate of drug-likeness (QED) is 0.575. The first-order chi connectivity index (χ1) is 13.0. The number of aryl methyl sites for hydroxylation is 2. The van der Waals surface area contributed by atoms with E-state index in [9.17, 15) is 26.0 Å². The Hall–Kier alpha value is -1.97. The molecule has 0 aliphatic carbocycles. The van der Waals surface area contributed by atoms with E-state index in [0.717, 1.165) is 31.1 Å². The molecule has 2 aromatic rings. The normalized spacial score (nSPS) is 14.8. The summed E-state index contributed by atoms with van der Waals surface area (Å²) in [5, 5.41) is 3.10. The summed E-state index contributed by atoms with van der Waals surface area (Å²) in [7, 11) is -4.02. The van der Waals surface area contributed by atoms with Gasteiger partial charge in [-0.3, -0.25) is 4.55 Å². The highest BCUT2D eigenvalue weighted by Crippen LogP contribution is 2.30. The van der Waals surface area contributed by atoms with Crippen LogP contribution in [0.1, 0.15) is 23.1 Å². The zero-order valence-electron chi connectivity index (χ0n) is 15.1. The Bertz CT molecular complexity index is 892. The van der Waals surface area contributed by atoms with Crippen LogP contribution in [0.15, 0.2) is 47.4 Å². The van der Waals surface area contributed by atoms with Gasteiger partial charge in [-0.1, -0.05) is 23.8 Å². The molecule has 3 rings (SSSR count).